The van der Waals surface area contributed by atoms with Crippen LogP contribution in [0.1, 0.15) is 0 Å². The van der Waals surface area contributed by atoms with Gasteiger partial charge in [0.15, 0.2) is 17.5 Å². The van der Waals surface area contributed by atoms with Crippen LogP contribution in [0.2, 0.25) is 0 Å². The summed E-state index contributed by atoms with van der Waals surface area (Å²) in [5.41, 5.74) is 9.95. The highest BCUT2D eigenvalue weighted by atomic mass is 16.3. The first-order chi connectivity index (χ1) is 30.7. The van der Waals surface area contributed by atoms with Gasteiger partial charge in [0.25, 0.3) is 0 Å². The molecule has 0 unspecified atom stereocenters. The minimum atomic E-state index is 0.586. The number of hydrogen-bond donors (Lipinski definition) is 0. The van der Waals surface area contributed by atoms with Gasteiger partial charge in [-0.25, -0.2) is 15.0 Å². The number of nitrogens with zero attached hydrogens (tertiary/aromatic N) is 4. The maximum Gasteiger partial charge on any atom is 0.164 e. The van der Waals surface area contributed by atoms with Crippen molar-refractivity contribution in [3.05, 3.63) is 206 Å². The highest BCUT2D eigenvalue weighted by Crippen LogP contribution is 2.43. The van der Waals surface area contributed by atoms with E-state index in [1.807, 2.05) is 54.6 Å². The maximum atomic E-state index is 6.65. The van der Waals surface area contributed by atoms with Crippen LogP contribution in [0.15, 0.2) is 211 Å². The Morgan fingerprint density at radius 2 is 0.855 bits per heavy atom. The van der Waals surface area contributed by atoms with Crippen LogP contribution in [0.25, 0.3) is 127 Å². The van der Waals surface area contributed by atoms with Crippen LogP contribution in [0.4, 0.5) is 0 Å². The minimum Gasteiger partial charge on any atom is -0.456 e. The molecule has 0 amide bonds. The van der Waals surface area contributed by atoms with Gasteiger partial charge in [0.1, 0.15) is 11.2 Å². The van der Waals surface area contributed by atoms with Gasteiger partial charge in [-0.05, 0) is 92.0 Å². The standard InChI is InChI=1S/C57H34N4O/c1-3-14-35(15-4-1)43-22-11-12-23-45(43)56-58-55(36-16-5-2-6-17-36)59-57(60-56)46-24-13-25-51-54(46)53-44-28-27-42(30-41(44)26-29-52(53)62-51)61-49-33-39-20-9-7-18-37(39)31-47(49)48-32-38-19-8-10-21-40(38)34-50(48)61/h1-34H. The Morgan fingerprint density at radius 3 is 1.53 bits per heavy atom. The highest BCUT2D eigenvalue weighted by molar-refractivity contribution is 6.23. The molecule has 10 aromatic carbocycles. The summed E-state index contributed by atoms with van der Waals surface area (Å²) in [5.74, 6) is 1.81. The summed E-state index contributed by atoms with van der Waals surface area (Å²) in [6.45, 7) is 0. The Hall–Kier alpha value is -8.41. The molecule has 0 aliphatic heterocycles. The molecule has 0 spiro atoms. The first kappa shape index (κ1) is 34.5. The largest absolute Gasteiger partial charge is 0.456 e. The van der Waals surface area contributed by atoms with Crippen molar-refractivity contribution in [3.8, 4) is 51.0 Å². The molecule has 0 aliphatic carbocycles. The van der Waals surface area contributed by atoms with Crippen molar-refractivity contribution >= 4 is 76.1 Å². The van der Waals surface area contributed by atoms with Gasteiger partial charge in [-0.15, -0.1) is 0 Å². The van der Waals surface area contributed by atoms with Gasteiger partial charge in [0.05, 0.1) is 11.0 Å². The predicted octanol–water partition coefficient (Wildman–Crippen LogP) is 15.0. The van der Waals surface area contributed by atoms with E-state index in [9.17, 15) is 0 Å². The highest BCUT2D eigenvalue weighted by Gasteiger charge is 2.21. The second-order valence-electron chi connectivity index (χ2n) is 16.0. The maximum absolute atomic E-state index is 6.65. The fourth-order valence-corrected chi connectivity index (χ4v) is 9.50. The molecule has 3 aromatic heterocycles. The lowest BCUT2D eigenvalue weighted by atomic mass is 9.98. The molecule has 0 bridgehead atoms. The first-order valence-corrected chi connectivity index (χ1v) is 20.9. The van der Waals surface area contributed by atoms with Gasteiger partial charge in [0, 0.05) is 43.9 Å². The molecule has 3 heterocycles. The first-order valence-electron chi connectivity index (χ1n) is 20.9. The van der Waals surface area contributed by atoms with E-state index in [1.54, 1.807) is 0 Å². The van der Waals surface area contributed by atoms with Crippen LogP contribution in [-0.4, -0.2) is 19.5 Å². The summed E-state index contributed by atoms with van der Waals surface area (Å²) in [7, 11) is 0. The van der Waals surface area contributed by atoms with Crippen LogP contribution < -0.4 is 0 Å². The molecule has 288 valence electrons. The Labute approximate surface area is 355 Å². The molecule has 0 aliphatic rings. The lowest BCUT2D eigenvalue weighted by Crippen LogP contribution is -2.01. The lowest BCUT2D eigenvalue weighted by Gasteiger charge is -2.13. The molecule has 5 heteroatoms. The van der Waals surface area contributed by atoms with E-state index in [4.69, 9.17) is 19.4 Å². The summed E-state index contributed by atoms with van der Waals surface area (Å²) >= 11 is 0. The van der Waals surface area contributed by atoms with Crippen molar-refractivity contribution in [1.29, 1.82) is 0 Å². The molecule has 13 rings (SSSR count). The summed E-state index contributed by atoms with van der Waals surface area (Å²) < 4.78 is 9.08. The molecule has 0 saturated heterocycles. The second kappa shape index (κ2) is 13.6. The molecule has 5 nitrogen and oxygen atoms in total. The number of fused-ring (bicyclic) bond motifs is 10. The number of furan rings is 1. The van der Waals surface area contributed by atoms with Gasteiger partial charge in [-0.3, -0.25) is 0 Å². The molecule has 0 saturated carbocycles. The van der Waals surface area contributed by atoms with Gasteiger partial charge in [-0.2, -0.15) is 0 Å². The third-order valence-electron chi connectivity index (χ3n) is 12.4. The zero-order chi connectivity index (χ0) is 40.7. The SMILES string of the molecule is c1ccc(-c2nc(-c3ccccc3-c3ccccc3)nc(-c3cccc4oc5ccc6cc(-n7c8cc9ccccc9cc8c8cc9ccccc9cc87)ccc6c5c34)n2)cc1. The molecule has 13 aromatic rings. The van der Waals surface area contributed by atoms with E-state index in [2.05, 4.69) is 156 Å². The third-order valence-corrected chi connectivity index (χ3v) is 12.4. The van der Waals surface area contributed by atoms with Crippen molar-refractivity contribution in [1.82, 2.24) is 19.5 Å². The van der Waals surface area contributed by atoms with Crippen LogP contribution >= 0.6 is 0 Å². The predicted molar refractivity (Wildman–Crippen MR) is 256 cm³/mol. The average Bonchev–Trinajstić information content (AvgIpc) is 3.88. The molecule has 0 fully saturated rings. The Bertz CT molecular complexity index is 3830. The molecular formula is C57H34N4O. The zero-order valence-corrected chi connectivity index (χ0v) is 33.3. The molecule has 0 atom stereocenters. The van der Waals surface area contributed by atoms with Crippen molar-refractivity contribution in [2.24, 2.45) is 0 Å². The number of hydrogen-bond acceptors (Lipinski definition) is 4. The molecular weight excluding hydrogens is 757 g/mol. The summed E-state index contributed by atoms with van der Waals surface area (Å²) in [4.78, 5) is 15.6. The van der Waals surface area contributed by atoms with Crippen molar-refractivity contribution in [3.63, 3.8) is 0 Å². The smallest absolute Gasteiger partial charge is 0.164 e. The van der Waals surface area contributed by atoms with E-state index >= 15 is 0 Å². The Balaban J connectivity index is 1.04. The quantitative estimate of drug-likeness (QED) is 0.174. The van der Waals surface area contributed by atoms with E-state index < -0.39 is 0 Å². The van der Waals surface area contributed by atoms with Gasteiger partial charge in [0.2, 0.25) is 0 Å². The summed E-state index contributed by atoms with van der Waals surface area (Å²) in [5, 5.41) is 11.6. The monoisotopic (exact) mass is 790 g/mol. The number of rotatable bonds is 5. The number of benzene rings is 10. The van der Waals surface area contributed by atoms with Gasteiger partial charge >= 0.3 is 0 Å². The fourth-order valence-electron chi connectivity index (χ4n) is 9.50. The number of aromatic nitrogens is 4. The summed E-state index contributed by atoms with van der Waals surface area (Å²) in [6, 6.07) is 72.8. The van der Waals surface area contributed by atoms with Gasteiger partial charge in [-0.1, -0.05) is 158 Å². The van der Waals surface area contributed by atoms with Crippen LogP contribution in [0, 0.1) is 0 Å². The lowest BCUT2D eigenvalue weighted by molar-refractivity contribution is 0.669. The normalized spacial score (nSPS) is 11.9. The van der Waals surface area contributed by atoms with E-state index in [0.717, 1.165) is 66.2 Å². The van der Waals surface area contributed by atoms with Crippen molar-refractivity contribution in [2.75, 3.05) is 0 Å². The average molecular weight is 791 g/mol. The molecule has 62 heavy (non-hydrogen) atoms. The minimum absolute atomic E-state index is 0.586. The summed E-state index contributed by atoms with van der Waals surface area (Å²) in [6.07, 6.45) is 0. The molecule has 0 radical (unpaired) electrons. The molecule has 0 N–H and O–H groups in total. The second-order valence-corrected chi connectivity index (χ2v) is 16.0. The van der Waals surface area contributed by atoms with Crippen molar-refractivity contribution in [2.45, 2.75) is 0 Å². The fraction of sp³-hybridized carbons (Fsp3) is 0. The van der Waals surface area contributed by atoms with E-state index in [-0.39, 0.29) is 0 Å². The van der Waals surface area contributed by atoms with Crippen LogP contribution in [0.3, 0.4) is 0 Å². The van der Waals surface area contributed by atoms with Crippen molar-refractivity contribution < 1.29 is 4.42 Å². The van der Waals surface area contributed by atoms with Gasteiger partial charge < -0.3 is 8.98 Å². The Morgan fingerprint density at radius 1 is 0.323 bits per heavy atom. The van der Waals surface area contributed by atoms with Crippen LogP contribution in [0.5, 0.6) is 0 Å². The Kier molecular flexibility index (Phi) is 7.54. The topological polar surface area (TPSA) is 56.7 Å². The third kappa shape index (κ3) is 5.38. The van der Waals surface area contributed by atoms with E-state index in [0.29, 0.717) is 17.5 Å². The van der Waals surface area contributed by atoms with E-state index in [1.165, 1.54) is 43.4 Å². The zero-order valence-electron chi connectivity index (χ0n) is 33.3. The van der Waals surface area contributed by atoms with Crippen LogP contribution in [-0.2, 0) is 0 Å².